The van der Waals surface area contributed by atoms with Crippen LogP contribution in [-0.2, 0) is 9.53 Å². The summed E-state index contributed by atoms with van der Waals surface area (Å²) in [6, 6.07) is 1.02. The van der Waals surface area contributed by atoms with Crippen LogP contribution in [0.5, 0.6) is 0 Å². The van der Waals surface area contributed by atoms with Crippen molar-refractivity contribution < 1.29 is 19.6 Å². The zero-order valence-corrected chi connectivity index (χ0v) is 11.9. The third kappa shape index (κ3) is 3.23. The van der Waals surface area contributed by atoms with Gasteiger partial charge in [0, 0.05) is 12.6 Å². The van der Waals surface area contributed by atoms with E-state index in [0.29, 0.717) is 23.4 Å². The molecule has 1 aliphatic heterocycles. The van der Waals surface area contributed by atoms with Gasteiger partial charge in [0.25, 0.3) is 5.69 Å². The minimum absolute atomic E-state index is 0.0783. The number of carbonyl (C=O) groups is 1. The summed E-state index contributed by atoms with van der Waals surface area (Å²) in [6.45, 7) is 1.24. The van der Waals surface area contributed by atoms with Gasteiger partial charge in [-0.25, -0.2) is 4.98 Å². The van der Waals surface area contributed by atoms with E-state index in [1.54, 1.807) is 4.90 Å². The van der Waals surface area contributed by atoms with Crippen LogP contribution in [0.4, 0.5) is 11.5 Å². The summed E-state index contributed by atoms with van der Waals surface area (Å²) in [7, 11) is 0. The molecule has 0 bridgehead atoms. The highest BCUT2D eigenvalue weighted by molar-refractivity contribution is 9.10. The monoisotopic (exact) mass is 345 g/mol. The topological polar surface area (TPSA) is 106 Å². The molecule has 0 spiro atoms. The Labute approximate surface area is 122 Å². The lowest BCUT2D eigenvalue weighted by atomic mass is 10.1. The van der Waals surface area contributed by atoms with Crippen molar-refractivity contribution in [3.05, 3.63) is 26.9 Å². The number of hydrogen-bond acceptors (Lipinski definition) is 6. The molecule has 0 aliphatic carbocycles. The number of carboxylic acids is 1. The van der Waals surface area contributed by atoms with Crippen molar-refractivity contribution in [3.63, 3.8) is 0 Å². The SMILES string of the molecule is O=C(O)CC1COCCN1c1ncc([N+](=O)[O-])cc1Br. The maximum atomic E-state index is 10.9. The molecule has 0 amide bonds. The van der Waals surface area contributed by atoms with E-state index in [2.05, 4.69) is 20.9 Å². The molecule has 8 nitrogen and oxygen atoms in total. The van der Waals surface area contributed by atoms with Crippen molar-refractivity contribution in [1.29, 1.82) is 0 Å². The number of pyridine rings is 1. The summed E-state index contributed by atoms with van der Waals surface area (Å²) >= 11 is 3.25. The molecule has 1 aliphatic rings. The number of morpholine rings is 1. The van der Waals surface area contributed by atoms with Crippen LogP contribution in [0.1, 0.15) is 6.42 Å². The van der Waals surface area contributed by atoms with Crippen LogP contribution >= 0.6 is 15.9 Å². The lowest BCUT2D eigenvalue weighted by Gasteiger charge is -2.36. The van der Waals surface area contributed by atoms with Crippen molar-refractivity contribution in [1.82, 2.24) is 4.98 Å². The Hall–Kier alpha value is -1.74. The quantitative estimate of drug-likeness (QED) is 0.649. The molecule has 108 valence electrons. The van der Waals surface area contributed by atoms with Gasteiger partial charge < -0.3 is 14.7 Å². The lowest BCUT2D eigenvalue weighted by molar-refractivity contribution is -0.385. The Balaban J connectivity index is 2.27. The predicted octanol–water partition coefficient (Wildman–Crippen LogP) is 1.43. The van der Waals surface area contributed by atoms with Crippen LogP contribution < -0.4 is 4.90 Å². The summed E-state index contributed by atoms with van der Waals surface area (Å²) in [6.07, 6.45) is 1.08. The zero-order valence-electron chi connectivity index (χ0n) is 10.4. The molecule has 1 unspecified atom stereocenters. The maximum absolute atomic E-state index is 10.9. The van der Waals surface area contributed by atoms with Crippen molar-refractivity contribution in [2.45, 2.75) is 12.5 Å². The molecule has 0 radical (unpaired) electrons. The molecule has 1 saturated heterocycles. The van der Waals surface area contributed by atoms with E-state index in [-0.39, 0.29) is 24.8 Å². The second-order valence-corrected chi connectivity index (χ2v) is 5.13. The van der Waals surface area contributed by atoms with Crippen LogP contribution in [0, 0.1) is 10.1 Å². The molecule has 1 aromatic heterocycles. The Morgan fingerprint density at radius 1 is 1.70 bits per heavy atom. The first kappa shape index (κ1) is 14.7. The number of rotatable bonds is 4. The van der Waals surface area contributed by atoms with E-state index in [4.69, 9.17) is 9.84 Å². The lowest BCUT2D eigenvalue weighted by Crippen LogP contribution is -2.47. The van der Waals surface area contributed by atoms with E-state index in [1.165, 1.54) is 6.07 Å². The molecule has 9 heteroatoms. The summed E-state index contributed by atoms with van der Waals surface area (Å²) in [5.41, 5.74) is -0.122. The van der Waals surface area contributed by atoms with Crippen molar-refractivity contribution >= 4 is 33.4 Å². The van der Waals surface area contributed by atoms with Gasteiger partial charge in [-0.2, -0.15) is 0 Å². The number of anilines is 1. The fourth-order valence-electron chi connectivity index (χ4n) is 2.04. The Morgan fingerprint density at radius 3 is 3.05 bits per heavy atom. The summed E-state index contributed by atoms with van der Waals surface area (Å²) in [5, 5.41) is 19.6. The average Bonchev–Trinajstić information content (AvgIpc) is 2.39. The fourth-order valence-corrected chi connectivity index (χ4v) is 2.60. The predicted molar refractivity (Wildman–Crippen MR) is 72.8 cm³/mol. The van der Waals surface area contributed by atoms with Gasteiger partial charge in [0.05, 0.1) is 35.1 Å². The zero-order chi connectivity index (χ0) is 14.7. The third-order valence-electron chi connectivity index (χ3n) is 2.93. The number of aromatic nitrogens is 1. The van der Waals surface area contributed by atoms with Gasteiger partial charge in [0.2, 0.25) is 0 Å². The molecule has 0 saturated carbocycles. The molecular formula is C11H12BrN3O5. The second-order valence-electron chi connectivity index (χ2n) is 4.28. The molecule has 2 rings (SSSR count). The minimum atomic E-state index is -0.927. The number of ether oxygens (including phenoxy) is 1. The highest BCUT2D eigenvalue weighted by Crippen LogP contribution is 2.30. The van der Waals surface area contributed by atoms with Crippen LogP contribution in [-0.4, -0.2) is 46.8 Å². The Morgan fingerprint density at radius 2 is 2.45 bits per heavy atom. The molecule has 1 fully saturated rings. The first-order valence-electron chi connectivity index (χ1n) is 5.85. The largest absolute Gasteiger partial charge is 0.481 e. The number of aliphatic carboxylic acids is 1. The van der Waals surface area contributed by atoms with Gasteiger partial charge in [-0.3, -0.25) is 14.9 Å². The molecule has 1 atom stereocenters. The number of nitro groups is 1. The van der Waals surface area contributed by atoms with Crippen LogP contribution in [0.25, 0.3) is 0 Å². The van der Waals surface area contributed by atoms with Gasteiger partial charge in [0.15, 0.2) is 0 Å². The summed E-state index contributed by atoms with van der Waals surface area (Å²) in [5.74, 6) is -0.436. The standard InChI is InChI=1S/C11H12BrN3O5/c12-9-3-7(15(18)19)5-13-11(9)14-1-2-20-6-8(14)4-10(16)17/h3,5,8H,1-2,4,6H2,(H,16,17). The smallest absolute Gasteiger partial charge is 0.305 e. The average molecular weight is 346 g/mol. The Kier molecular flexibility index (Phi) is 4.50. The van der Waals surface area contributed by atoms with Gasteiger partial charge >= 0.3 is 5.97 Å². The van der Waals surface area contributed by atoms with Crippen molar-refractivity contribution in [2.24, 2.45) is 0 Å². The van der Waals surface area contributed by atoms with Crippen molar-refractivity contribution in [2.75, 3.05) is 24.7 Å². The van der Waals surface area contributed by atoms with Crippen molar-refractivity contribution in [3.8, 4) is 0 Å². The van der Waals surface area contributed by atoms with Crippen LogP contribution in [0.15, 0.2) is 16.7 Å². The maximum Gasteiger partial charge on any atom is 0.305 e. The number of carboxylic acid groups (broad SMARTS) is 1. The number of halogens is 1. The van der Waals surface area contributed by atoms with Gasteiger partial charge in [-0.1, -0.05) is 0 Å². The highest BCUT2D eigenvalue weighted by Gasteiger charge is 2.28. The van der Waals surface area contributed by atoms with Crippen LogP contribution in [0.2, 0.25) is 0 Å². The van der Waals surface area contributed by atoms with Gasteiger partial charge in [-0.05, 0) is 15.9 Å². The van der Waals surface area contributed by atoms with E-state index in [1.807, 2.05) is 0 Å². The van der Waals surface area contributed by atoms with E-state index >= 15 is 0 Å². The minimum Gasteiger partial charge on any atom is -0.481 e. The first-order valence-corrected chi connectivity index (χ1v) is 6.64. The number of hydrogen-bond donors (Lipinski definition) is 1. The number of nitrogens with zero attached hydrogens (tertiary/aromatic N) is 3. The normalized spacial score (nSPS) is 18.9. The van der Waals surface area contributed by atoms with Gasteiger partial charge in [-0.15, -0.1) is 0 Å². The van der Waals surface area contributed by atoms with E-state index in [0.717, 1.165) is 6.20 Å². The fraction of sp³-hybridized carbons (Fsp3) is 0.455. The molecule has 2 heterocycles. The third-order valence-corrected chi connectivity index (χ3v) is 3.51. The van der Waals surface area contributed by atoms with Crippen LogP contribution in [0.3, 0.4) is 0 Å². The van der Waals surface area contributed by atoms with E-state index < -0.39 is 10.9 Å². The molecule has 1 aromatic rings. The Bertz CT molecular complexity index is 539. The second kappa shape index (κ2) is 6.14. The summed E-state index contributed by atoms with van der Waals surface area (Å²) < 4.78 is 5.74. The molecule has 0 aromatic carbocycles. The first-order chi connectivity index (χ1) is 9.49. The molecule has 20 heavy (non-hydrogen) atoms. The van der Waals surface area contributed by atoms with E-state index in [9.17, 15) is 14.9 Å². The summed E-state index contributed by atoms with van der Waals surface area (Å²) in [4.78, 5) is 26.9. The highest BCUT2D eigenvalue weighted by atomic mass is 79.9. The molecular weight excluding hydrogens is 334 g/mol. The molecule has 1 N–H and O–H groups in total. The van der Waals surface area contributed by atoms with Gasteiger partial charge in [0.1, 0.15) is 12.0 Å².